The average molecular weight is 178 g/mol. The smallest absolute Gasteiger partial charge is 0.247 e. The second-order valence-corrected chi connectivity index (χ2v) is 3.40. The number of benzene rings is 1. The Morgan fingerprint density at radius 1 is 1.33 bits per heavy atom. The maximum absolute atomic E-state index is 5.78. The zero-order valence-corrected chi connectivity index (χ0v) is 8.29. The highest BCUT2D eigenvalue weighted by atomic mass is 28.2. The van der Waals surface area contributed by atoms with Crippen molar-refractivity contribution in [3.63, 3.8) is 0 Å². The Hall–Kier alpha value is -0.803. The molecule has 0 heterocycles. The molecule has 1 aromatic rings. The summed E-state index contributed by atoms with van der Waals surface area (Å²) in [6, 6.07) is 7.67. The molecule has 0 aromatic heterocycles. The summed E-state index contributed by atoms with van der Waals surface area (Å²) >= 11 is 0. The van der Waals surface area contributed by atoms with Crippen LogP contribution in [0.4, 0.5) is 5.69 Å². The summed E-state index contributed by atoms with van der Waals surface area (Å²) in [4.78, 5) is 0. The lowest BCUT2D eigenvalue weighted by Gasteiger charge is -2.25. The van der Waals surface area contributed by atoms with Crippen molar-refractivity contribution in [1.82, 2.24) is 0 Å². The third-order valence-electron chi connectivity index (χ3n) is 1.86. The van der Waals surface area contributed by atoms with Crippen molar-refractivity contribution < 1.29 is 4.43 Å². The van der Waals surface area contributed by atoms with Crippen LogP contribution in [0, 0.1) is 0 Å². The summed E-state index contributed by atoms with van der Waals surface area (Å²) in [5, 5.41) is 0. The summed E-state index contributed by atoms with van der Waals surface area (Å²) in [5.41, 5.74) is 7.13. The lowest BCUT2D eigenvalue weighted by molar-refractivity contribution is 0.124. The van der Waals surface area contributed by atoms with Crippen LogP contribution >= 0.6 is 0 Å². The summed E-state index contributed by atoms with van der Waals surface area (Å²) < 4.78 is 5.13. The van der Waals surface area contributed by atoms with Crippen molar-refractivity contribution in [3.8, 4) is 0 Å². The molecule has 0 aliphatic carbocycles. The first kappa shape index (κ1) is 9.29. The molecule has 1 aromatic carbocycles. The van der Waals surface area contributed by atoms with E-state index in [0.29, 0.717) is 0 Å². The Morgan fingerprint density at radius 3 is 2.42 bits per heavy atom. The zero-order chi connectivity index (χ0) is 9.19. The molecular formula is C9H12NOSi. The Bertz CT molecular complexity index is 273. The molecule has 3 heteroatoms. The molecule has 0 amide bonds. The minimum atomic E-state index is -0.387. The number of para-hydroxylation sites is 1. The molecule has 0 saturated carbocycles. The summed E-state index contributed by atoms with van der Waals surface area (Å²) in [6.45, 7) is 3.90. The molecule has 0 saturated heterocycles. The molecular weight excluding hydrogens is 166 g/mol. The fourth-order valence-corrected chi connectivity index (χ4v) is 1.21. The molecule has 0 fully saturated rings. The number of hydrogen-bond donors (Lipinski definition) is 1. The van der Waals surface area contributed by atoms with Gasteiger partial charge in [0.15, 0.2) is 0 Å². The number of rotatable bonds is 2. The summed E-state index contributed by atoms with van der Waals surface area (Å²) in [5.74, 6) is 0. The highest BCUT2D eigenvalue weighted by Gasteiger charge is 2.20. The van der Waals surface area contributed by atoms with Crippen LogP contribution in [0.2, 0.25) is 0 Å². The van der Waals surface area contributed by atoms with E-state index in [-0.39, 0.29) is 5.60 Å². The summed E-state index contributed by atoms with van der Waals surface area (Å²) in [6.07, 6.45) is 0. The SMILES string of the molecule is CC(C)(O[Si])c1ccccc1N. The predicted octanol–water partition coefficient (Wildman–Crippen LogP) is 1.60. The van der Waals surface area contributed by atoms with E-state index < -0.39 is 0 Å². The lowest BCUT2D eigenvalue weighted by atomic mass is 9.97. The van der Waals surface area contributed by atoms with Gasteiger partial charge >= 0.3 is 0 Å². The van der Waals surface area contributed by atoms with Gasteiger partial charge in [-0.1, -0.05) is 18.2 Å². The third kappa shape index (κ3) is 1.68. The Balaban J connectivity index is 3.10. The quantitative estimate of drug-likeness (QED) is 0.551. The first-order chi connectivity index (χ1) is 5.58. The van der Waals surface area contributed by atoms with Crippen LogP contribution in [0.3, 0.4) is 0 Å². The van der Waals surface area contributed by atoms with Crippen LogP contribution in [-0.4, -0.2) is 10.5 Å². The van der Waals surface area contributed by atoms with Crippen molar-refractivity contribution in [2.75, 3.05) is 5.73 Å². The average Bonchev–Trinajstić information content (AvgIpc) is 2.05. The van der Waals surface area contributed by atoms with E-state index in [4.69, 9.17) is 10.2 Å². The Kier molecular flexibility index (Phi) is 2.54. The molecule has 2 N–H and O–H groups in total. The van der Waals surface area contributed by atoms with Gasteiger partial charge in [0.25, 0.3) is 0 Å². The Morgan fingerprint density at radius 2 is 1.92 bits per heavy atom. The van der Waals surface area contributed by atoms with Crippen LogP contribution in [0.5, 0.6) is 0 Å². The van der Waals surface area contributed by atoms with Crippen molar-refractivity contribution >= 4 is 16.2 Å². The molecule has 0 unspecified atom stereocenters. The molecule has 63 valence electrons. The van der Waals surface area contributed by atoms with Crippen molar-refractivity contribution in [2.45, 2.75) is 19.4 Å². The molecule has 0 spiro atoms. The van der Waals surface area contributed by atoms with E-state index in [9.17, 15) is 0 Å². The molecule has 1 rings (SSSR count). The van der Waals surface area contributed by atoms with Crippen LogP contribution in [0.15, 0.2) is 24.3 Å². The van der Waals surface area contributed by atoms with E-state index in [1.54, 1.807) is 0 Å². The van der Waals surface area contributed by atoms with Gasteiger partial charge in [-0.25, -0.2) is 0 Å². The second kappa shape index (κ2) is 3.29. The van der Waals surface area contributed by atoms with Gasteiger partial charge < -0.3 is 10.2 Å². The number of hydrogen-bond acceptors (Lipinski definition) is 2. The molecule has 0 atom stereocenters. The van der Waals surface area contributed by atoms with E-state index >= 15 is 0 Å². The molecule has 2 nitrogen and oxygen atoms in total. The van der Waals surface area contributed by atoms with Gasteiger partial charge in [0, 0.05) is 11.3 Å². The van der Waals surface area contributed by atoms with Crippen LogP contribution in [-0.2, 0) is 10.0 Å². The zero-order valence-electron chi connectivity index (χ0n) is 7.29. The van der Waals surface area contributed by atoms with Gasteiger partial charge in [-0.2, -0.15) is 0 Å². The minimum absolute atomic E-state index is 0.387. The first-order valence-electron chi connectivity index (χ1n) is 3.77. The molecule has 3 radical (unpaired) electrons. The number of anilines is 1. The van der Waals surface area contributed by atoms with Crippen molar-refractivity contribution in [1.29, 1.82) is 0 Å². The maximum atomic E-state index is 5.78. The fourth-order valence-electron chi connectivity index (χ4n) is 1.10. The van der Waals surface area contributed by atoms with Gasteiger partial charge in [0.05, 0.1) is 5.60 Å². The van der Waals surface area contributed by atoms with Gasteiger partial charge in [-0.05, 0) is 19.9 Å². The normalized spacial score (nSPS) is 11.6. The largest absolute Gasteiger partial charge is 0.410 e. The third-order valence-corrected chi connectivity index (χ3v) is 2.37. The van der Waals surface area contributed by atoms with Gasteiger partial charge in [-0.15, -0.1) is 0 Å². The summed E-state index contributed by atoms with van der Waals surface area (Å²) in [7, 11) is 3.03. The number of nitrogens with two attached hydrogens (primary N) is 1. The second-order valence-electron chi connectivity index (χ2n) is 3.20. The minimum Gasteiger partial charge on any atom is -0.410 e. The van der Waals surface area contributed by atoms with Crippen LogP contribution in [0.25, 0.3) is 0 Å². The highest BCUT2D eigenvalue weighted by Crippen LogP contribution is 2.27. The van der Waals surface area contributed by atoms with E-state index in [1.165, 1.54) is 0 Å². The topological polar surface area (TPSA) is 35.2 Å². The standard InChI is InChI=1S/C9H12NOSi/c1-9(2,11-12)7-5-3-4-6-8(7)10/h3-6H,10H2,1-2H3. The highest BCUT2D eigenvalue weighted by molar-refractivity contribution is 5.98. The predicted molar refractivity (Wildman–Crippen MR) is 50.7 cm³/mol. The monoisotopic (exact) mass is 178 g/mol. The number of nitrogen functional groups attached to an aromatic ring is 1. The van der Waals surface area contributed by atoms with Crippen LogP contribution in [0.1, 0.15) is 19.4 Å². The molecule has 0 bridgehead atoms. The van der Waals surface area contributed by atoms with Gasteiger partial charge in [0.2, 0.25) is 10.5 Å². The van der Waals surface area contributed by atoms with Gasteiger partial charge in [-0.3, -0.25) is 0 Å². The molecule has 0 aliphatic heterocycles. The molecule has 12 heavy (non-hydrogen) atoms. The fraction of sp³-hybridized carbons (Fsp3) is 0.333. The van der Waals surface area contributed by atoms with Gasteiger partial charge in [0.1, 0.15) is 0 Å². The maximum Gasteiger partial charge on any atom is 0.247 e. The van der Waals surface area contributed by atoms with Crippen molar-refractivity contribution in [2.24, 2.45) is 0 Å². The Labute approximate surface area is 76.3 Å². The van der Waals surface area contributed by atoms with E-state index in [1.807, 2.05) is 38.1 Å². The van der Waals surface area contributed by atoms with E-state index in [2.05, 4.69) is 10.5 Å². The van der Waals surface area contributed by atoms with E-state index in [0.717, 1.165) is 11.3 Å². The van der Waals surface area contributed by atoms with Crippen LogP contribution < -0.4 is 5.73 Å². The molecule has 0 aliphatic rings. The first-order valence-corrected chi connectivity index (χ1v) is 4.18. The van der Waals surface area contributed by atoms with Crippen molar-refractivity contribution in [3.05, 3.63) is 29.8 Å². The lowest BCUT2D eigenvalue weighted by Crippen LogP contribution is -2.21.